The van der Waals surface area contributed by atoms with Crippen LogP contribution >= 0.6 is 35.0 Å². The molecule has 0 bridgehead atoms. The number of likely N-dealkylation sites (tertiary alicyclic amines) is 1. The summed E-state index contributed by atoms with van der Waals surface area (Å²) in [6.07, 6.45) is 5.70. The molecular formula is C27H30Cl2N4O5S. The van der Waals surface area contributed by atoms with Crippen LogP contribution < -0.4 is 16.0 Å². The number of carboxylic acid groups (broad SMARTS) is 1. The molecule has 0 radical (unpaired) electrons. The van der Waals surface area contributed by atoms with Crippen molar-refractivity contribution in [3.63, 3.8) is 0 Å². The molecule has 1 saturated heterocycles. The average Bonchev–Trinajstić information content (AvgIpc) is 2.95. The van der Waals surface area contributed by atoms with Crippen molar-refractivity contribution in [1.29, 1.82) is 0 Å². The molecular weight excluding hydrogens is 563 g/mol. The van der Waals surface area contributed by atoms with E-state index in [1.54, 1.807) is 17.0 Å². The molecule has 1 heterocycles. The molecule has 9 nitrogen and oxygen atoms in total. The van der Waals surface area contributed by atoms with Gasteiger partial charge in [-0.3, -0.25) is 9.59 Å². The number of urea groups is 1. The van der Waals surface area contributed by atoms with Crippen molar-refractivity contribution in [2.24, 2.45) is 5.92 Å². The number of nitrogens with one attached hydrogen (secondary N) is 3. The highest BCUT2D eigenvalue weighted by atomic mass is 35.5. The molecule has 3 rings (SSSR count). The van der Waals surface area contributed by atoms with Crippen molar-refractivity contribution in [2.75, 3.05) is 25.9 Å². The number of piperidine rings is 1. The Labute approximate surface area is 241 Å². The summed E-state index contributed by atoms with van der Waals surface area (Å²) >= 11 is 14.0. The first kappa shape index (κ1) is 30.3. The number of hydrogen-bond donors (Lipinski definition) is 4. The van der Waals surface area contributed by atoms with Gasteiger partial charge in [0.25, 0.3) is 0 Å². The molecule has 1 aliphatic heterocycles. The highest BCUT2D eigenvalue weighted by Crippen LogP contribution is 2.35. The zero-order chi connectivity index (χ0) is 28.4. The van der Waals surface area contributed by atoms with Gasteiger partial charge in [0.2, 0.25) is 11.8 Å². The molecule has 0 spiro atoms. The first-order valence-electron chi connectivity index (χ1n) is 12.3. The van der Waals surface area contributed by atoms with E-state index in [4.69, 9.17) is 23.2 Å². The second-order valence-corrected chi connectivity index (χ2v) is 10.5. The van der Waals surface area contributed by atoms with Crippen LogP contribution in [-0.4, -0.2) is 65.8 Å². The summed E-state index contributed by atoms with van der Waals surface area (Å²) in [6, 6.07) is 11.1. The smallest absolute Gasteiger partial charge is 0.328 e. The Morgan fingerprint density at radius 2 is 1.74 bits per heavy atom. The van der Waals surface area contributed by atoms with Crippen molar-refractivity contribution in [3.8, 4) is 0 Å². The molecule has 1 aliphatic rings. The van der Waals surface area contributed by atoms with Gasteiger partial charge in [0.1, 0.15) is 6.04 Å². The largest absolute Gasteiger partial charge is 0.480 e. The Kier molecular flexibility index (Phi) is 11.5. The predicted octanol–water partition coefficient (Wildman–Crippen LogP) is 4.04. The number of halogens is 2. The third kappa shape index (κ3) is 8.91. The fraction of sp³-hybridized carbons (Fsp3) is 0.333. The number of amides is 4. The van der Waals surface area contributed by atoms with Crippen molar-refractivity contribution in [1.82, 2.24) is 20.9 Å². The van der Waals surface area contributed by atoms with Crippen molar-refractivity contribution in [3.05, 3.63) is 69.7 Å². The SMILES string of the molecule is CSc1ccc(C=CC(=O)N2CCC(C(=O)NC(CNC(=O)NCc3ccccc3)C(=O)O)CC2)c(Cl)c1Cl. The van der Waals surface area contributed by atoms with E-state index >= 15 is 0 Å². The van der Waals surface area contributed by atoms with Crippen molar-refractivity contribution in [2.45, 2.75) is 30.3 Å². The van der Waals surface area contributed by atoms with E-state index in [0.717, 1.165) is 10.5 Å². The number of aliphatic carboxylic acids is 1. The summed E-state index contributed by atoms with van der Waals surface area (Å²) in [5.74, 6) is -2.34. The number of thioether (sulfide) groups is 1. The fourth-order valence-electron chi connectivity index (χ4n) is 3.99. The van der Waals surface area contributed by atoms with Gasteiger partial charge in [-0.1, -0.05) is 59.6 Å². The number of rotatable bonds is 10. The van der Waals surface area contributed by atoms with Crippen LogP contribution in [0, 0.1) is 5.92 Å². The first-order valence-corrected chi connectivity index (χ1v) is 14.3. The van der Waals surface area contributed by atoms with E-state index in [9.17, 15) is 24.3 Å². The van der Waals surface area contributed by atoms with Crippen LogP contribution in [0.15, 0.2) is 53.4 Å². The first-order chi connectivity index (χ1) is 18.7. The van der Waals surface area contributed by atoms with Crippen LogP contribution in [0.3, 0.4) is 0 Å². The Morgan fingerprint density at radius 1 is 1.05 bits per heavy atom. The predicted molar refractivity (Wildman–Crippen MR) is 153 cm³/mol. The third-order valence-electron chi connectivity index (χ3n) is 6.26. The minimum absolute atomic E-state index is 0.218. The molecule has 1 atom stereocenters. The van der Waals surface area contributed by atoms with Gasteiger partial charge in [-0.25, -0.2) is 9.59 Å². The van der Waals surface area contributed by atoms with Gasteiger partial charge >= 0.3 is 12.0 Å². The lowest BCUT2D eigenvalue weighted by atomic mass is 9.95. The molecule has 12 heteroatoms. The number of nitrogens with zero attached hydrogens (tertiary/aromatic N) is 1. The topological polar surface area (TPSA) is 128 Å². The number of carbonyl (C=O) groups excluding carboxylic acids is 3. The average molecular weight is 594 g/mol. The van der Waals surface area contributed by atoms with Crippen LogP contribution in [0.25, 0.3) is 6.08 Å². The van der Waals surface area contributed by atoms with Gasteiger partial charge < -0.3 is 26.0 Å². The number of carbonyl (C=O) groups is 4. The quantitative estimate of drug-likeness (QED) is 0.243. The maximum Gasteiger partial charge on any atom is 0.328 e. The monoisotopic (exact) mass is 592 g/mol. The normalized spacial score (nSPS) is 14.6. The van der Waals surface area contributed by atoms with Gasteiger partial charge in [-0.2, -0.15) is 0 Å². The molecule has 0 aliphatic carbocycles. The Bertz CT molecular complexity index is 1220. The highest BCUT2D eigenvalue weighted by molar-refractivity contribution is 7.98. The molecule has 2 aromatic carbocycles. The Hall–Kier alpha value is -3.21. The molecule has 4 N–H and O–H groups in total. The van der Waals surface area contributed by atoms with Crippen LogP contribution in [0.4, 0.5) is 4.79 Å². The Balaban J connectivity index is 1.45. The molecule has 1 unspecified atom stereocenters. The zero-order valence-electron chi connectivity index (χ0n) is 21.3. The maximum atomic E-state index is 12.7. The summed E-state index contributed by atoms with van der Waals surface area (Å²) in [7, 11) is 0. The molecule has 0 aromatic heterocycles. The Morgan fingerprint density at radius 3 is 2.38 bits per heavy atom. The van der Waals surface area contributed by atoms with E-state index in [1.165, 1.54) is 17.8 Å². The second-order valence-electron chi connectivity index (χ2n) is 8.87. The lowest BCUT2D eigenvalue weighted by Gasteiger charge is -2.31. The minimum Gasteiger partial charge on any atom is -0.480 e. The molecule has 208 valence electrons. The number of benzene rings is 2. The van der Waals surface area contributed by atoms with E-state index in [0.29, 0.717) is 41.5 Å². The van der Waals surface area contributed by atoms with E-state index < -0.39 is 29.9 Å². The van der Waals surface area contributed by atoms with E-state index in [-0.39, 0.29) is 19.0 Å². The van der Waals surface area contributed by atoms with E-state index in [1.807, 2.05) is 42.7 Å². The lowest BCUT2D eigenvalue weighted by Crippen LogP contribution is -2.52. The standard InChI is InChI=1S/C27H30Cl2N4O5S/c1-39-21-9-7-18(23(28)24(21)29)8-10-22(34)33-13-11-19(12-14-33)25(35)32-20(26(36)37)16-31-27(38)30-15-17-5-3-2-4-6-17/h2-10,19-20H,11-16H2,1H3,(H,32,35)(H,36,37)(H2,30,31,38). The van der Waals surface area contributed by atoms with Crippen LogP contribution in [0.5, 0.6) is 0 Å². The number of hydrogen-bond acceptors (Lipinski definition) is 5. The van der Waals surface area contributed by atoms with Gasteiger partial charge in [0.15, 0.2) is 0 Å². The van der Waals surface area contributed by atoms with Gasteiger partial charge in [-0.05, 0) is 42.4 Å². The summed E-state index contributed by atoms with van der Waals surface area (Å²) in [4.78, 5) is 51.6. The highest BCUT2D eigenvalue weighted by Gasteiger charge is 2.29. The van der Waals surface area contributed by atoms with Crippen molar-refractivity contribution < 1.29 is 24.3 Å². The summed E-state index contributed by atoms with van der Waals surface area (Å²) in [5, 5.41) is 17.9. The van der Waals surface area contributed by atoms with Gasteiger partial charge in [0.05, 0.1) is 16.6 Å². The lowest BCUT2D eigenvalue weighted by molar-refractivity contribution is -0.142. The van der Waals surface area contributed by atoms with Crippen LogP contribution in [-0.2, 0) is 20.9 Å². The summed E-state index contributed by atoms with van der Waals surface area (Å²) in [5.41, 5.74) is 1.53. The molecule has 4 amide bonds. The van der Waals surface area contributed by atoms with Gasteiger partial charge in [-0.15, -0.1) is 11.8 Å². The molecule has 39 heavy (non-hydrogen) atoms. The third-order valence-corrected chi connectivity index (χ3v) is 8.05. The zero-order valence-corrected chi connectivity index (χ0v) is 23.6. The van der Waals surface area contributed by atoms with Crippen molar-refractivity contribution >= 4 is 64.9 Å². The maximum absolute atomic E-state index is 12.7. The molecule has 1 fully saturated rings. The fourth-order valence-corrected chi connectivity index (χ4v) is 5.16. The van der Waals surface area contributed by atoms with E-state index in [2.05, 4.69) is 16.0 Å². The summed E-state index contributed by atoms with van der Waals surface area (Å²) in [6.45, 7) is 0.709. The molecule has 0 saturated carbocycles. The minimum atomic E-state index is -1.28. The van der Waals surface area contributed by atoms with Crippen LogP contribution in [0.2, 0.25) is 10.0 Å². The van der Waals surface area contributed by atoms with Crippen LogP contribution in [0.1, 0.15) is 24.0 Å². The number of carboxylic acids is 1. The summed E-state index contributed by atoms with van der Waals surface area (Å²) < 4.78 is 0. The van der Waals surface area contributed by atoms with Gasteiger partial charge in [0, 0.05) is 36.5 Å². The second kappa shape index (κ2) is 14.8. The molecule has 2 aromatic rings.